The van der Waals surface area contributed by atoms with Crippen LogP contribution in [0, 0.1) is 13.8 Å². The number of benzene rings is 1. The Morgan fingerprint density at radius 3 is 2.43 bits per heavy atom. The van der Waals surface area contributed by atoms with Gasteiger partial charge in [0.25, 0.3) is 0 Å². The molecule has 0 saturated carbocycles. The fourth-order valence-corrected chi connectivity index (χ4v) is 2.38. The molecule has 1 heterocycles. The van der Waals surface area contributed by atoms with E-state index in [1.54, 1.807) is 19.3 Å². The average molecular weight is 294 g/mol. The Bertz CT molecular complexity index is 636. The third kappa shape index (κ3) is 3.42. The highest BCUT2D eigenvalue weighted by molar-refractivity contribution is 5.36. The van der Waals surface area contributed by atoms with Gasteiger partial charge < -0.3 is 5.32 Å². The molecular formula is C16H17F3N2. The normalized spacial score (nSPS) is 13.2. The molecule has 21 heavy (non-hydrogen) atoms. The van der Waals surface area contributed by atoms with Crippen molar-refractivity contribution < 1.29 is 13.2 Å². The lowest BCUT2D eigenvalue weighted by atomic mass is 9.97. The zero-order valence-corrected chi connectivity index (χ0v) is 12.1. The maximum atomic E-state index is 12.8. The fourth-order valence-electron chi connectivity index (χ4n) is 2.38. The summed E-state index contributed by atoms with van der Waals surface area (Å²) in [6.45, 7) is 3.84. The predicted molar refractivity (Wildman–Crippen MR) is 76.1 cm³/mol. The van der Waals surface area contributed by atoms with Gasteiger partial charge in [0.1, 0.15) is 0 Å². The van der Waals surface area contributed by atoms with Crippen molar-refractivity contribution in [3.05, 3.63) is 64.5 Å². The number of halogens is 3. The van der Waals surface area contributed by atoms with Crippen molar-refractivity contribution in [1.29, 1.82) is 0 Å². The number of hydrogen-bond donors (Lipinski definition) is 1. The second-order valence-corrected chi connectivity index (χ2v) is 5.06. The van der Waals surface area contributed by atoms with E-state index < -0.39 is 11.7 Å². The number of aryl methyl sites for hydroxylation is 2. The van der Waals surface area contributed by atoms with Gasteiger partial charge in [-0.05, 0) is 49.7 Å². The summed E-state index contributed by atoms with van der Waals surface area (Å²) in [7, 11) is 1.71. The number of nitrogens with one attached hydrogen (secondary N) is 1. The standard InChI is InChI=1S/C16H17F3N2/c1-10-7-11(2)14(21-9-10)15(20-3)12-5-4-6-13(8-12)16(17,18)19/h4-9,15,20H,1-3H3. The molecule has 0 aliphatic carbocycles. The number of pyridine rings is 1. The van der Waals surface area contributed by atoms with Gasteiger partial charge in [0, 0.05) is 6.20 Å². The van der Waals surface area contributed by atoms with Crippen molar-refractivity contribution in [1.82, 2.24) is 10.3 Å². The van der Waals surface area contributed by atoms with Gasteiger partial charge in [-0.2, -0.15) is 13.2 Å². The van der Waals surface area contributed by atoms with Crippen LogP contribution in [0.1, 0.15) is 34.0 Å². The summed E-state index contributed by atoms with van der Waals surface area (Å²) in [5, 5.41) is 3.04. The number of nitrogens with zero attached hydrogens (tertiary/aromatic N) is 1. The van der Waals surface area contributed by atoms with Crippen molar-refractivity contribution in [3.8, 4) is 0 Å². The molecule has 0 amide bonds. The van der Waals surface area contributed by atoms with E-state index in [0.717, 1.165) is 22.9 Å². The monoisotopic (exact) mass is 294 g/mol. The van der Waals surface area contributed by atoms with Gasteiger partial charge in [0.05, 0.1) is 17.3 Å². The molecule has 1 atom stereocenters. The van der Waals surface area contributed by atoms with E-state index in [1.165, 1.54) is 12.1 Å². The van der Waals surface area contributed by atoms with Crippen LogP contribution in [0.15, 0.2) is 36.5 Å². The molecule has 2 nitrogen and oxygen atoms in total. The largest absolute Gasteiger partial charge is 0.416 e. The molecule has 2 rings (SSSR count). The smallest absolute Gasteiger partial charge is 0.308 e. The third-order valence-electron chi connectivity index (χ3n) is 3.36. The summed E-state index contributed by atoms with van der Waals surface area (Å²) in [5.41, 5.74) is 2.61. The van der Waals surface area contributed by atoms with Crippen molar-refractivity contribution in [2.24, 2.45) is 0 Å². The Hall–Kier alpha value is -1.88. The Kier molecular flexibility index (Phi) is 4.32. The molecule has 1 N–H and O–H groups in total. The van der Waals surface area contributed by atoms with Crippen molar-refractivity contribution in [3.63, 3.8) is 0 Å². The van der Waals surface area contributed by atoms with Gasteiger partial charge in [-0.1, -0.05) is 18.2 Å². The minimum absolute atomic E-state index is 0.368. The Morgan fingerprint density at radius 2 is 1.86 bits per heavy atom. The second-order valence-electron chi connectivity index (χ2n) is 5.06. The zero-order chi connectivity index (χ0) is 15.6. The van der Waals surface area contributed by atoms with E-state index >= 15 is 0 Å². The highest BCUT2D eigenvalue weighted by atomic mass is 19.4. The summed E-state index contributed by atoms with van der Waals surface area (Å²) in [5.74, 6) is 0. The lowest BCUT2D eigenvalue weighted by molar-refractivity contribution is -0.137. The fraction of sp³-hybridized carbons (Fsp3) is 0.312. The van der Waals surface area contributed by atoms with Gasteiger partial charge >= 0.3 is 6.18 Å². The maximum absolute atomic E-state index is 12.8. The van der Waals surface area contributed by atoms with Gasteiger partial charge in [-0.15, -0.1) is 0 Å². The molecule has 1 unspecified atom stereocenters. The van der Waals surface area contributed by atoms with Crippen molar-refractivity contribution >= 4 is 0 Å². The molecule has 2 aromatic rings. The van der Waals surface area contributed by atoms with Crippen LogP contribution in [-0.2, 0) is 6.18 Å². The molecule has 0 spiro atoms. The molecule has 0 radical (unpaired) electrons. The molecule has 0 saturated heterocycles. The van der Waals surface area contributed by atoms with Crippen LogP contribution in [0.5, 0.6) is 0 Å². The lowest BCUT2D eigenvalue weighted by Gasteiger charge is -2.19. The summed E-state index contributed by atoms with van der Waals surface area (Å²) in [6.07, 6.45) is -2.62. The third-order valence-corrected chi connectivity index (χ3v) is 3.36. The quantitative estimate of drug-likeness (QED) is 0.924. The van der Waals surface area contributed by atoms with Crippen LogP contribution >= 0.6 is 0 Å². The summed E-state index contributed by atoms with van der Waals surface area (Å²) in [6, 6.07) is 6.95. The van der Waals surface area contributed by atoms with Gasteiger partial charge in [0.2, 0.25) is 0 Å². The van der Waals surface area contributed by atoms with E-state index in [9.17, 15) is 13.2 Å². The SMILES string of the molecule is CNC(c1cccc(C(F)(F)F)c1)c1ncc(C)cc1C. The number of alkyl halides is 3. The first-order chi connectivity index (χ1) is 9.82. The number of rotatable bonds is 3. The first kappa shape index (κ1) is 15.5. The summed E-state index contributed by atoms with van der Waals surface area (Å²) >= 11 is 0. The van der Waals surface area contributed by atoms with Crippen LogP contribution < -0.4 is 5.32 Å². The van der Waals surface area contributed by atoms with Gasteiger partial charge in [0.15, 0.2) is 0 Å². The second kappa shape index (κ2) is 5.85. The zero-order valence-electron chi connectivity index (χ0n) is 12.1. The molecular weight excluding hydrogens is 277 g/mol. The minimum Gasteiger partial charge on any atom is -0.308 e. The molecule has 5 heteroatoms. The molecule has 0 aliphatic rings. The van der Waals surface area contributed by atoms with E-state index in [2.05, 4.69) is 10.3 Å². The van der Waals surface area contributed by atoms with Crippen LogP contribution in [0.4, 0.5) is 13.2 Å². The van der Waals surface area contributed by atoms with E-state index in [4.69, 9.17) is 0 Å². The first-order valence-electron chi connectivity index (χ1n) is 6.60. The maximum Gasteiger partial charge on any atom is 0.416 e. The molecule has 0 fully saturated rings. The van der Waals surface area contributed by atoms with Gasteiger partial charge in [-0.3, -0.25) is 4.98 Å². The topological polar surface area (TPSA) is 24.9 Å². The van der Waals surface area contributed by atoms with Crippen LogP contribution in [0.2, 0.25) is 0 Å². The molecule has 0 aliphatic heterocycles. The lowest BCUT2D eigenvalue weighted by Crippen LogP contribution is -2.20. The number of hydrogen-bond acceptors (Lipinski definition) is 2. The van der Waals surface area contributed by atoms with Crippen molar-refractivity contribution in [2.45, 2.75) is 26.1 Å². The van der Waals surface area contributed by atoms with Crippen LogP contribution in [0.3, 0.4) is 0 Å². The molecule has 112 valence electrons. The average Bonchev–Trinajstić information content (AvgIpc) is 2.41. The van der Waals surface area contributed by atoms with E-state index in [0.29, 0.717) is 5.56 Å². The highest BCUT2D eigenvalue weighted by Crippen LogP contribution is 2.32. The molecule has 0 bridgehead atoms. The Morgan fingerprint density at radius 1 is 1.14 bits per heavy atom. The summed E-state index contributed by atoms with van der Waals surface area (Å²) < 4.78 is 38.5. The van der Waals surface area contributed by atoms with Crippen molar-refractivity contribution in [2.75, 3.05) is 7.05 Å². The van der Waals surface area contributed by atoms with E-state index in [-0.39, 0.29) is 6.04 Å². The Balaban J connectivity index is 2.47. The molecule has 1 aromatic carbocycles. The van der Waals surface area contributed by atoms with Crippen LogP contribution in [-0.4, -0.2) is 12.0 Å². The molecule has 1 aromatic heterocycles. The highest BCUT2D eigenvalue weighted by Gasteiger charge is 2.31. The minimum atomic E-state index is -4.34. The van der Waals surface area contributed by atoms with Gasteiger partial charge in [-0.25, -0.2) is 0 Å². The number of aromatic nitrogens is 1. The summed E-state index contributed by atoms with van der Waals surface area (Å²) in [4.78, 5) is 4.37. The van der Waals surface area contributed by atoms with E-state index in [1.807, 2.05) is 19.9 Å². The predicted octanol–water partition coefficient (Wildman–Crippen LogP) is 4.03. The first-order valence-corrected chi connectivity index (χ1v) is 6.60. The van der Waals surface area contributed by atoms with Crippen LogP contribution in [0.25, 0.3) is 0 Å². The Labute approximate surface area is 122 Å².